The number of hydrogen-bond donors (Lipinski definition) is 1. The Morgan fingerprint density at radius 2 is 2.00 bits per heavy atom. The van der Waals surface area contributed by atoms with Crippen LogP contribution in [0, 0.1) is 0 Å². The van der Waals surface area contributed by atoms with E-state index >= 15 is 0 Å². The zero-order valence-electron chi connectivity index (χ0n) is 8.26. The van der Waals surface area contributed by atoms with Crippen LogP contribution in [0.3, 0.4) is 0 Å². The van der Waals surface area contributed by atoms with Gasteiger partial charge in [0.25, 0.3) is 10.0 Å². The zero-order chi connectivity index (χ0) is 10.6. The van der Waals surface area contributed by atoms with E-state index in [0.29, 0.717) is 11.6 Å². The predicted octanol–water partition coefficient (Wildman–Crippen LogP) is 0.683. The molecule has 1 heterocycles. The summed E-state index contributed by atoms with van der Waals surface area (Å²) in [4.78, 5) is 0. The third kappa shape index (κ3) is 1.43. The van der Waals surface area contributed by atoms with Crippen molar-refractivity contribution in [2.24, 2.45) is 0 Å². The monoisotopic (exact) mass is 227 g/mol. The summed E-state index contributed by atoms with van der Waals surface area (Å²) in [7, 11) is -3.25. The van der Waals surface area contributed by atoms with Gasteiger partial charge in [0.15, 0.2) is 0 Å². The summed E-state index contributed by atoms with van der Waals surface area (Å²) in [6.07, 6.45) is 5.10. The molecule has 2 fully saturated rings. The zero-order valence-corrected chi connectivity index (χ0v) is 9.07. The molecule has 82 valence electrons. The lowest BCUT2D eigenvalue weighted by Gasteiger charge is -2.00. The lowest BCUT2D eigenvalue weighted by Crippen LogP contribution is -2.18. The number of hydrogen-bond acceptors (Lipinski definition) is 4. The molecule has 0 aromatic carbocycles. The Bertz CT molecular complexity index is 497. The predicted molar refractivity (Wildman–Crippen MR) is 56.0 cm³/mol. The second-order valence-electron chi connectivity index (χ2n) is 4.36. The second kappa shape index (κ2) is 2.75. The van der Waals surface area contributed by atoms with Crippen LogP contribution in [0.2, 0.25) is 0 Å². The van der Waals surface area contributed by atoms with Gasteiger partial charge in [-0.25, -0.2) is 8.42 Å². The summed E-state index contributed by atoms with van der Waals surface area (Å²) in [6, 6.07) is 0. The molecule has 15 heavy (non-hydrogen) atoms. The average Bonchev–Trinajstić information content (AvgIpc) is 3.04. The molecular formula is C9H13N3O2S. The fourth-order valence-corrected chi connectivity index (χ4v) is 3.20. The first kappa shape index (κ1) is 9.21. The first-order chi connectivity index (χ1) is 7.09. The highest BCUT2D eigenvalue weighted by Crippen LogP contribution is 2.42. The summed E-state index contributed by atoms with van der Waals surface area (Å²) >= 11 is 0. The van der Waals surface area contributed by atoms with E-state index in [2.05, 4.69) is 5.10 Å². The van der Waals surface area contributed by atoms with Crippen molar-refractivity contribution in [3.05, 3.63) is 11.9 Å². The highest BCUT2D eigenvalue weighted by atomic mass is 32.2. The van der Waals surface area contributed by atoms with E-state index in [9.17, 15) is 8.42 Å². The van der Waals surface area contributed by atoms with Crippen LogP contribution in [0.5, 0.6) is 0 Å². The van der Waals surface area contributed by atoms with Gasteiger partial charge < -0.3 is 5.73 Å². The molecule has 0 saturated heterocycles. The van der Waals surface area contributed by atoms with Gasteiger partial charge in [-0.05, 0) is 25.7 Å². The molecule has 0 bridgehead atoms. The minimum absolute atomic E-state index is 0.233. The molecule has 1 aromatic rings. The van der Waals surface area contributed by atoms with Gasteiger partial charge in [-0.2, -0.15) is 9.19 Å². The Hall–Kier alpha value is -1.04. The molecule has 6 heteroatoms. The third-order valence-electron chi connectivity index (χ3n) is 2.92. The molecule has 1 aromatic heterocycles. The first-order valence-corrected chi connectivity index (χ1v) is 6.69. The minimum atomic E-state index is -3.25. The van der Waals surface area contributed by atoms with Gasteiger partial charge >= 0.3 is 0 Å². The normalized spacial score (nSPS) is 21.9. The number of nitrogens with zero attached hydrogens (tertiary/aromatic N) is 2. The first-order valence-electron chi connectivity index (χ1n) is 5.18. The van der Waals surface area contributed by atoms with Crippen LogP contribution < -0.4 is 5.73 Å². The Labute approximate surface area is 88.3 Å². The van der Waals surface area contributed by atoms with Crippen LogP contribution in [0.1, 0.15) is 37.3 Å². The second-order valence-corrected chi connectivity index (χ2v) is 6.43. The lowest BCUT2D eigenvalue weighted by molar-refractivity contribution is 0.578. The quantitative estimate of drug-likeness (QED) is 0.823. The van der Waals surface area contributed by atoms with E-state index in [1.54, 1.807) is 0 Å². The van der Waals surface area contributed by atoms with Gasteiger partial charge in [0.2, 0.25) is 0 Å². The topological polar surface area (TPSA) is 78.0 Å². The molecule has 0 radical (unpaired) electrons. The van der Waals surface area contributed by atoms with E-state index in [-0.39, 0.29) is 5.25 Å². The summed E-state index contributed by atoms with van der Waals surface area (Å²) in [5, 5.41) is 3.88. The van der Waals surface area contributed by atoms with Crippen LogP contribution in [-0.2, 0) is 10.0 Å². The van der Waals surface area contributed by atoms with E-state index in [4.69, 9.17) is 5.73 Å². The summed E-state index contributed by atoms with van der Waals surface area (Å²) in [5.74, 6) is 0.389. The molecule has 0 amide bonds. The SMILES string of the molecule is Nc1cn(S(=O)(=O)C2CC2)nc1C1CC1. The Morgan fingerprint density at radius 3 is 2.53 bits per heavy atom. The van der Waals surface area contributed by atoms with Gasteiger partial charge in [0, 0.05) is 5.92 Å². The third-order valence-corrected chi connectivity index (χ3v) is 4.94. The van der Waals surface area contributed by atoms with E-state index in [0.717, 1.165) is 35.5 Å². The van der Waals surface area contributed by atoms with Crippen LogP contribution in [-0.4, -0.2) is 22.9 Å². The Balaban J connectivity index is 2.01. The molecule has 2 aliphatic rings. The van der Waals surface area contributed by atoms with Crippen LogP contribution in [0.25, 0.3) is 0 Å². The molecule has 0 spiro atoms. The minimum Gasteiger partial charge on any atom is -0.396 e. The smallest absolute Gasteiger partial charge is 0.256 e. The van der Waals surface area contributed by atoms with E-state index in [1.807, 2.05) is 0 Å². The van der Waals surface area contributed by atoms with E-state index < -0.39 is 10.0 Å². The maximum Gasteiger partial charge on any atom is 0.256 e. The number of anilines is 1. The molecule has 5 nitrogen and oxygen atoms in total. The maximum atomic E-state index is 11.8. The molecule has 0 atom stereocenters. The fourth-order valence-electron chi connectivity index (χ4n) is 1.70. The van der Waals surface area contributed by atoms with Gasteiger partial charge in [0.1, 0.15) is 0 Å². The molecule has 2 saturated carbocycles. The number of nitrogen functional groups attached to an aromatic ring is 1. The van der Waals surface area contributed by atoms with Crippen molar-refractivity contribution >= 4 is 15.7 Å². The van der Waals surface area contributed by atoms with Crippen LogP contribution >= 0.6 is 0 Å². The van der Waals surface area contributed by atoms with Crippen molar-refractivity contribution in [1.29, 1.82) is 0 Å². The van der Waals surface area contributed by atoms with E-state index in [1.165, 1.54) is 6.20 Å². The van der Waals surface area contributed by atoms with Crippen LogP contribution in [0.15, 0.2) is 6.20 Å². The summed E-state index contributed by atoms with van der Waals surface area (Å²) in [5.41, 5.74) is 7.03. The Kier molecular flexibility index (Phi) is 1.69. The van der Waals surface area contributed by atoms with Crippen molar-refractivity contribution in [1.82, 2.24) is 9.19 Å². The highest BCUT2D eigenvalue weighted by Gasteiger charge is 2.39. The standard InChI is InChI=1S/C9H13N3O2S/c10-8-5-12(11-9(8)6-1-2-6)15(13,14)7-3-4-7/h5-7H,1-4,10H2. The summed E-state index contributed by atoms with van der Waals surface area (Å²) in [6.45, 7) is 0. The van der Waals surface area contributed by atoms with Crippen LogP contribution in [0.4, 0.5) is 5.69 Å². The Morgan fingerprint density at radius 1 is 1.33 bits per heavy atom. The average molecular weight is 227 g/mol. The molecular weight excluding hydrogens is 214 g/mol. The largest absolute Gasteiger partial charge is 0.396 e. The van der Waals surface area contributed by atoms with Crippen molar-refractivity contribution in [3.63, 3.8) is 0 Å². The molecule has 2 N–H and O–H groups in total. The number of rotatable bonds is 3. The van der Waals surface area contributed by atoms with Gasteiger partial charge in [-0.1, -0.05) is 0 Å². The number of aromatic nitrogens is 2. The van der Waals surface area contributed by atoms with Crippen molar-refractivity contribution in [2.45, 2.75) is 36.9 Å². The van der Waals surface area contributed by atoms with Gasteiger partial charge in [-0.3, -0.25) is 0 Å². The summed E-state index contributed by atoms with van der Waals surface area (Å²) < 4.78 is 24.8. The fraction of sp³-hybridized carbons (Fsp3) is 0.667. The maximum absolute atomic E-state index is 11.8. The molecule has 0 unspecified atom stereocenters. The van der Waals surface area contributed by atoms with Crippen molar-refractivity contribution in [3.8, 4) is 0 Å². The van der Waals surface area contributed by atoms with Crippen molar-refractivity contribution < 1.29 is 8.42 Å². The molecule has 2 aliphatic carbocycles. The molecule has 0 aliphatic heterocycles. The number of nitrogens with two attached hydrogens (primary N) is 1. The van der Waals surface area contributed by atoms with Gasteiger partial charge in [0.05, 0.1) is 22.8 Å². The van der Waals surface area contributed by atoms with Crippen molar-refractivity contribution in [2.75, 3.05) is 5.73 Å². The highest BCUT2D eigenvalue weighted by molar-refractivity contribution is 7.90. The van der Waals surface area contributed by atoms with Gasteiger partial charge in [-0.15, -0.1) is 0 Å². The lowest BCUT2D eigenvalue weighted by atomic mass is 10.3. The molecule has 3 rings (SSSR count).